The maximum Gasteiger partial charge on any atom is 0.197 e. The van der Waals surface area contributed by atoms with Crippen LogP contribution in [0.1, 0.15) is 9.67 Å². The van der Waals surface area contributed by atoms with E-state index in [9.17, 15) is 4.79 Å². The standard InChI is InChI=1S/C13H9Cl2NOS/c14-9-6-10(15)8-11(7-9)16-4-3-12(17)13-2-1-5-18-13/h1-8,16H/b4-3+. The van der Waals surface area contributed by atoms with Crippen LogP contribution in [-0.2, 0) is 0 Å². The second kappa shape index (κ2) is 6.05. The normalized spacial score (nSPS) is 10.8. The van der Waals surface area contributed by atoms with E-state index in [0.717, 1.165) is 5.69 Å². The Morgan fingerprint density at radius 1 is 1.22 bits per heavy atom. The number of allylic oxidation sites excluding steroid dienone is 1. The van der Waals surface area contributed by atoms with Gasteiger partial charge in [-0.1, -0.05) is 29.3 Å². The Hall–Kier alpha value is -1.29. The van der Waals surface area contributed by atoms with Crippen LogP contribution in [0.2, 0.25) is 10.0 Å². The number of nitrogens with one attached hydrogen (secondary N) is 1. The highest BCUT2D eigenvalue weighted by atomic mass is 35.5. The van der Waals surface area contributed by atoms with Crippen molar-refractivity contribution in [3.05, 3.63) is 62.9 Å². The first-order chi connectivity index (χ1) is 8.65. The second-order valence-corrected chi connectivity index (χ2v) is 5.30. The average molecular weight is 298 g/mol. The minimum Gasteiger partial charge on any atom is -0.361 e. The molecule has 1 N–H and O–H groups in total. The predicted molar refractivity (Wildman–Crippen MR) is 77.9 cm³/mol. The third kappa shape index (κ3) is 3.60. The number of hydrogen-bond acceptors (Lipinski definition) is 3. The molecule has 0 radical (unpaired) electrons. The lowest BCUT2D eigenvalue weighted by atomic mass is 10.3. The van der Waals surface area contributed by atoms with E-state index in [1.54, 1.807) is 30.5 Å². The summed E-state index contributed by atoms with van der Waals surface area (Å²) >= 11 is 13.1. The fraction of sp³-hybridized carbons (Fsp3) is 0. The lowest BCUT2D eigenvalue weighted by Crippen LogP contribution is -1.93. The van der Waals surface area contributed by atoms with Crippen LogP contribution in [0.3, 0.4) is 0 Å². The third-order valence-electron chi connectivity index (χ3n) is 2.11. The number of ketones is 1. The van der Waals surface area contributed by atoms with Gasteiger partial charge in [0.2, 0.25) is 0 Å². The Kier molecular flexibility index (Phi) is 4.42. The molecule has 1 aromatic heterocycles. The molecule has 2 aromatic rings. The van der Waals surface area contributed by atoms with Gasteiger partial charge in [-0.2, -0.15) is 0 Å². The van der Waals surface area contributed by atoms with Crippen molar-refractivity contribution in [3.63, 3.8) is 0 Å². The molecule has 0 saturated heterocycles. The van der Waals surface area contributed by atoms with Crippen molar-refractivity contribution in [2.75, 3.05) is 5.32 Å². The number of benzene rings is 1. The van der Waals surface area contributed by atoms with Crippen molar-refractivity contribution >= 4 is 46.0 Å². The minimum atomic E-state index is -0.0365. The van der Waals surface area contributed by atoms with E-state index in [1.807, 2.05) is 11.4 Å². The molecule has 0 aliphatic rings. The summed E-state index contributed by atoms with van der Waals surface area (Å²) < 4.78 is 0. The van der Waals surface area contributed by atoms with Gasteiger partial charge >= 0.3 is 0 Å². The Balaban J connectivity index is 2.01. The van der Waals surface area contributed by atoms with Gasteiger partial charge in [-0.3, -0.25) is 4.79 Å². The third-order valence-corrected chi connectivity index (χ3v) is 3.43. The zero-order chi connectivity index (χ0) is 13.0. The highest BCUT2D eigenvalue weighted by Gasteiger charge is 2.01. The number of hydrogen-bond donors (Lipinski definition) is 1. The first kappa shape index (κ1) is 13.1. The summed E-state index contributed by atoms with van der Waals surface area (Å²) in [6.45, 7) is 0. The Labute approximate surface area is 119 Å². The van der Waals surface area contributed by atoms with Gasteiger partial charge in [0, 0.05) is 28.0 Å². The van der Waals surface area contributed by atoms with Crippen LogP contribution < -0.4 is 5.32 Å². The Bertz CT molecular complexity index is 558. The minimum absolute atomic E-state index is 0.0365. The topological polar surface area (TPSA) is 29.1 Å². The van der Waals surface area contributed by atoms with E-state index in [0.29, 0.717) is 14.9 Å². The maximum atomic E-state index is 11.7. The summed E-state index contributed by atoms with van der Waals surface area (Å²) in [6, 6.07) is 8.74. The number of carbonyl (C=O) groups is 1. The van der Waals surface area contributed by atoms with Crippen molar-refractivity contribution in [3.8, 4) is 0 Å². The molecule has 18 heavy (non-hydrogen) atoms. The van der Waals surface area contributed by atoms with Crippen LogP contribution in [0.5, 0.6) is 0 Å². The number of anilines is 1. The van der Waals surface area contributed by atoms with Gasteiger partial charge in [0.05, 0.1) is 4.88 Å². The average Bonchev–Trinajstić information content (AvgIpc) is 2.80. The largest absolute Gasteiger partial charge is 0.361 e. The molecule has 0 spiro atoms. The van der Waals surface area contributed by atoms with E-state index in [4.69, 9.17) is 23.2 Å². The van der Waals surface area contributed by atoms with Crippen molar-refractivity contribution < 1.29 is 4.79 Å². The number of halogens is 2. The van der Waals surface area contributed by atoms with Crippen LogP contribution in [0, 0.1) is 0 Å². The zero-order valence-corrected chi connectivity index (χ0v) is 11.5. The number of rotatable bonds is 4. The van der Waals surface area contributed by atoms with Crippen LogP contribution in [-0.4, -0.2) is 5.78 Å². The van der Waals surface area contributed by atoms with Gasteiger partial charge in [0.25, 0.3) is 0 Å². The quantitative estimate of drug-likeness (QED) is 0.645. The number of carbonyl (C=O) groups excluding carboxylic acids is 1. The van der Waals surface area contributed by atoms with Crippen LogP contribution in [0.15, 0.2) is 48.0 Å². The van der Waals surface area contributed by atoms with Gasteiger partial charge in [-0.15, -0.1) is 11.3 Å². The highest BCUT2D eigenvalue weighted by Crippen LogP contribution is 2.22. The van der Waals surface area contributed by atoms with Crippen molar-refractivity contribution in [2.45, 2.75) is 0 Å². The van der Waals surface area contributed by atoms with E-state index < -0.39 is 0 Å². The molecule has 92 valence electrons. The fourth-order valence-electron chi connectivity index (χ4n) is 1.35. The molecule has 2 nitrogen and oxygen atoms in total. The second-order valence-electron chi connectivity index (χ2n) is 3.48. The lowest BCUT2D eigenvalue weighted by Gasteiger charge is -2.01. The molecule has 0 aliphatic carbocycles. The van der Waals surface area contributed by atoms with E-state index in [1.165, 1.54) is 17.4 Å². The van der Waals surface area contributed by atoms with Gasteiger partial charge in [0.15, 0.2) is 5.78 Å². The summed E-state index contributed by atoms with van der Waals surface area (Å²) in [4.78, 5) is 12.4. The van der Waals surface area contributed by atoms with Gasteiger partial charge in [0.1, 0.15) is 0 Å². The van der Waals surface area contributed by atoms with Crippen molar-refractivity contribution in [1.82, 2.24) is 0 Å². The van der Waals surface area contributed by atoms with Crippen molar-refractivity contribution in [1.29, 1.82) is 0 Å². The molecule has 1 aromatic carbocycles. The monoisotopic (exact) mass is 297 g/mol. The van der Waals surface area contributed by atoms with E-state index in [-0.39, 0.29) is 5.78 Å². The van der Waals surface area contributed by atoms with E-state index >= 15 is 0 Å². The van der Waals surface area contributed by atoms with Crippen molar-refractivity contribution in [2.24, 2.45) is 0 Å². The molecule has 0 amide bonds. The molecular formula is C13H9Cl2NOS. The molecule has 0 saturated carbocycles. The lowest BCUT2D eigenvalue weighted by molar-refractivity contribution is 0.105. The molecule has 0 fully saturated rings. The van der Waals surface area contributed by atoms with E-state index in [2.05, 4.69) is 5.32 Å². The molecule has 2 rings (SSSR count). The highest BCUT2D eigenvalue weighted by molar-refractivity contribution is 7.12. The number of thiophene rings is 1. The predicted octanol–water partition coefficient (Wildman–Crippen LogP) is 4.86. The molecule has 0 aliphatic heterocycles. The van der Waals surface area contributed by atoms with Crippen LogP contribution in [0.4, 0.5) is 5.69 Å². The molecule has 5 heteroatoms. The summed E-state index contributed by atoms with van der Waals surface area (Å²) in [6.07, 6.45) is 3.05. The molecule has 0 bridgehead atoms. The molecule has 0 unspecified atom stereocenters. The summed E-state index contributed by atoms with van der Waals surface area (Å²) in [5, 5.41) is 5.91. The first-order valence-corrected chi connectivity index (χ1v) is 6.76. The fourth-order valence-corrected chi connectivity index (χ4v) is 2.52. The maximum absolute atomic E-state index is 11.7. The van der Waals surface area contributed by atoms with Crippen LogP contribution >= 0.6 is 34.5 Å². The van der Waals surface area contributed by atoms with Gasteiger partial charge in [-0.05, 0) is 29.6 Å². The smallest absolute Gasteiger partial charge is 0.197 e. The first-order valence-electron chi connectivity index (χ1n) is 5.12. The summed E-state index contributed by atoms with van der Waals surface area (Å²) in [7, 11) is 0. The van der Waals surface area contributed by atoms with Gasteiger partial charge < -0.3 is 5.32 Å². The van der Waals surface area contributed by atoms with Gasteiger partial charge in [-0.25, -0.2) is 0 Å². The zero-order valence-electron chi connectivity index (χ0n) is 9.19. The molecule has 1 heterocycles. The molecule has 0 atom stereocenters. The SMILES string of the molecule is O=C(/C=C/Nc1cc(Cl)cc(Cl)c1)c1cccs1. The Morgan fingerprint density at radius 2 is 1.94 bits per heavy atom. The summed E-state index contributed by atoms with van der Waals surface area (Å²) in [5.74, 6) is -0.0365. The molecular weight excluding hydrogens is 289 g/mol. The summed E-state index contributed by atoms with van der Waals surface area (Å²) in [5.41, 5.74) is 0.739. The Morgan fingerprint density at radius 3 is 2.56 bits per heavy atom. The van der Waals surface area contributed by atoms with Crippen LogP contribution in [0.25, 0.3) is 0 Å².